The van der Waals surface area contributed by atoms with Crippen molar-refractivity contribution >= 4 is 30.2 Å². The van der Waals surface area contributed by atoms with E-state index in [0.717, 1.165) is 0 Å². The van der Waals surface area contributed by atoms with Crippen LogP contribution >= 0.6 is 24.2 Å². The number of esters is 1. The van der Waals surface area contributed by atoms with Crippen molar-refractivity contribution in [3.63, 3.8) is 0 Å². The minimum atomic E-state index is -0.455. The second kappa shape index (κ2) is 5.78. The van der Waals surface area contributed by atoms with E-state index in [0.29, 0.717) is 28.2 Å². The number of thiol groups is 1. The summed E-state index contributed by atoms with van der Waals surface area (Å²) >= 11 is 9.83. The second-order valence-corrected chi connectivity index (χ2v) is 3.74. The third-order valence-corrected chi connectivity index (χ3v) is 2.64. The topological polar surface area (TPSA) is 50.1 Å². The maximum Gasteiger partial charge on any atom is 0.339 e. The molecule has 0 spiro atoms. The van der Waals surface area contributed by atoms with E-state index < -0.39 is 5.97 Å². The summed E-state index contributed by atoms with van der Waals surface area (Å²) < 4.78 is 4.87. The third-order valence-electron chi connectivity index (χ3n) is 1.98. The van der Waals surface area contributed by atoms with Gasteiger partial charge in [0.25, 0.3) is 0 Å². The van der Waals surface area contributed by atoms with E-state index >= 15 is 0 Å². The van der Waals surface area contributed by atoms with Crippen LogP contribution in [0.15, 0.2) is 17.0 Å². The zero-order valence-corrected chi connectivity index (χ0v) is 10.3. The number of benzene rings is 1. The molecular formula is C11H10ClNO2S. The minimum Gasteiger partial charge on any atom is -0.462 e. The smallest absolute Gasteiger partial charge is 0.339 e. The normalized spacial score (nSPS) is 9.62. The lowest BCUT2D eigenvalue weighted by atomic mass is 10.1. The van der Waals surface area contributed by atoms with Crippen molar-refractivity contribution in [1.82, 2.24) is 0 Å². The molecule has 0 unspecified atom stereocenters. The molecule has 0 aliphatic rings. The molecule has 0 saturated heterocycles. The van der Waals surface area contributed by atoms with Gasteiger partial charge in [-0.1, -0.05) is 0 Å². The van der Waals surface area contributed by atoms with E-state index in [1.54, 1.807) is 13.0 Å². The largest absolute Gasteiger partial charge is 0.462 e. The van der Waals surface area contributed by atoms with Gasteiger partial charge in [-0.05, 0) is 24.6 Å². The number of rotatable bonds is 3. The number of alkyl halides is 1. The molecule has 1 aromatic carbocycles. The molecular weight excluding hydrogens is 246 g/mol. The Balaban J connectivity index is 3.22. The number of nitriles is 1. The summed E-state index contributed by atoms with van der Waals surface area (Å²) in [6, 6.07) is 5.07. The molecule has 0 saturated carbocycles. The van der Waals surface area contributed by atoms with Gasteiger partial charge in [0.1, 0.15) is 0 Å². The minimum absolute atomic E-state index is 0.170. The quantitative estimate of drug-likeness (QED) is 0.513. The fourth-order valence-corrected chi connectivity index (χ4v) is 1.73. The molecule has 0 bridgehead atoms. The van der Waals surface area contributed by atoms with Crippen molar-refractivity contribution in [3.8, 4) is 6.07 Å². The predicted molar refractivity (Wildman–Crippen MR) is 63.9 cm³/mol. The molecule has 0 heterocycles. The molecule has 0 N–H and O–H groups in total. The SMILES string of the molecule is CCOC(=O)c1cc(CCl)c(C#N)cc1S. The van der Waals surface area contributed by atoms with Crippen molar-refractivity contribution in [2.24, 2.45) is 0 Å². The highest BCUT2D eigenvalue weighted by Gasteiger charge is 2.14. The fourth-order valence-electron chi connectivity index (χ4n) is 1.22. The zero-order valence-electron chi connectivity index (χ0n) is 8.66. The van der Waals surface area contributed by atoms with Gasteiger partial charge in [-0.15, -0.1) is 24.2 Å². The van der Waals surface area contributed by atoms with Crippen molar-refractivity contribution in [2.75, 3.05) is 6.61 Å². The number of nitrogens with zero attached hydrogens (tertiary/aromatic N) is 1. The van der Waals surface area contributed by atoms with Crippen LogP contribution in [0.5, 0.6) is 0 Å². The first-order valence-corrected chi connectivity index (χ1v) is 5.61. The van der Waals surface area contributed by atoms with Gasteiger partial charge in [-0.3, -0.25) is 0 Å². The Morgan fingerprint density at radius 2 is 2.31 bits per heavy atom. The van der Waals surface area contributed by atoms with Gasteiger partial charge >= 0.3 is 5.97 Å². The van der Waals surface area contributed by atoms with Crippen molar-refractivity contribution in [1.29, 1.82) is 5.26 Å². The lowest BCUT2D eigenvalue weighted by molar-refractivity contribution is 0.0522. The number of carbonyl (C=O) groups is 1. The first-order chi connectivity index (χ1) is 7.63. The first-order valence-electron chi connectivity index (χ1n) is 4.63. The maximum atomic E-state index is 11.5. The summed E-state index contributed by atoms with van der Waals surface area (Å²) in [5, 5.41) is 8.85. The molecule has 1 aromatic rings. The Bertz CT molecular complexity index is 454. The average Bonchev–Trinajstić information content (AvgIpc) is 2.28. The van der Waals surface area contributed by atoms with Crippen LogP contribution in [0.4, 0.5) is 0 Å². The van der Waals surface area contributed by atoms with Gasteiger partial charge in [0, 0.05) is 10.8 Å². The summed E-state index contributed by atoms with van der Waals surface area (Å²) in [6.07, 6.45) is 0. The molecule has 0 fully saturated rings. The Morgan fingerprint density at radius 1 is 1.62 bits per heavy atom. The molecule has 1 rings (SSSR count). The van der Waals surface area contributed by atoms with Gasteiger partial charge in [0.15, 0.2) is 0 Å². The van der Waals surface area contributed by atoms with Crippen molar-refractivity contribution in [3.05, 3.63) is 28.8 Å². The van der Waals surface area contributed by atoms with E-state index in [4.69, 9.17) is 21.6 Å². The number of ether oxygens (including phenoxy) is 1. The number of carbonyl (C=O) groups excluding carboxylic acids is 1. The fraction of sp³-hybridized carbons (Fsp3) is 0.273. The summed E-state index contributed by atoms with van der Waals surface area (Å²) in [5.41, 5.74) is 1.36. The molecule has 0 aromatic heterocycles. The van der Waals surface area contributed by atoms with Crippen LogP contribution in [0, 0.1) is 11.3 Å². The highest BCUT2D eigenvalue weighted by Crippen LogP contribution is 2.22. The maximum absolute atomic E-state index is 11.5. The Hall–Kier alpha value is -1.18. The molecule has 0 amide bonds. The van der Waals surface area contributed by atoms with E-state index in [9.17, 15) is 4.79 Å². The number of hydrogen-bond acceptors (Lipinski definition) is 4. The third kappa shape index (κ3) is 2.69. The van der Waals surface area contributed by atoms with E-state index in [1.165, 1.54) is 6.07 Å². The highest BCUT2D eigenvalue weighted by atomic mass is 35.5. The van der Waals surface area contributed by atoms with E-state index in [1.807, 2.05) is 6.07 Å². The summed E-state index contributed by atoms with van der Waals surface area (Å²) in [7, 11) is 0. The lowest BCUT2D eigenvalue weighted by Crippen LogP contribution is -2.07. The van der Waals surface area contributed by atoms with Gasteiger partial charge in [-0.2, -0.15) is 5.26 Å². The molecule has 5 heteroatoms. The summed E-state index contributed by atoms with van der Waals surface area (Å²) in [4.78, 5) is 12.0. The van der Waals surface area contributed by atoms with Crippen LogP contribution in [-0.4, -0.2) is 12.6 Å². The van der Waals surface area contributed by atoms with Crippen LogP contribution in [0.1, 0.15) is 28.4 Å². The average molecular weight is 256 g/mol. The first kappa shape index (κ1) is 12.9. The molecule has 84 valence electrons. The van der Waals surface area contributed by atoms with E-state index in [-0.39, 0.29) is 5.88 Å². The Labute approximate surface area is 104 Å². The van der Waals surface area contributed by atoms with Crippen molar-refractivity contribution in [2.45, 2.75) is 17.7 Å². The summed E-state index contributed by atoms with van der Waals surface area (Å²) in [6.45, 7) is 2.02. The van der Waals surface area contributed by atoms with Crippen LogP contribution in [0.2, 0.25) is 0 Å². The van der Waals surface area contributed by atoms with Crippen LogP contribution < -0.4 is 0 Å². The standard InChI is InChI=1S/C11H10ClNO2S/c1-2-15-11(14)9-3-7(5-12)8(6-13)4-10(9)16/h3-4,16H,2,5H2,1H3. The van der Waals surface area contributed by atoms with Gasteiger partial charge < -0.3 is 4.74 Å². The van der Waals surface area contributed by atoms with Crippen LogP contribution in [-0.2, 0) is 10.6 Å². The highest BCUT2D eigenvalue weighted by molar-refractivity contribution is 7.80. The van der Waals surface area contributed by atoms with Gasteiger partial charge in [0.05, 0.1) is 23.8 Å². The molecule has 3 nitrogen and oxygen atoms in total. The second-order valence-electron chi connectivity index (χ2n) is 2.99. The van der Waals surface area contributed by atoms with Crippen LogP contribution in [0.3, 0.4) is 0 Å². The molecule has 0 radical (unpaired) electrons. The summed E-state index contributed by atoms with van der Waals surface area (Å²) in [5.74, 6) is -0.285. The monoisotopic (exact) mass is 255 g/mol. The molecule has 0 aliphatic heterocycles. The molecule has 0 aliphatic carbocycles. The molecule has 0 atom stereocenters. The number of halogens is 1. The Morgan fingerprint density at radius 3 is 2.81 bits per heavy atom. The van der Waals surface area contributed by atoms with E-state index in [2.05, 4.69) is 12.6 Å². The lowest BCUT2D eigenvalue weighted by Gasteiger charge is -2.07. The zero-order chi connectivity index (χ0) is 12.1. The van der Waals surface area contributed by atoms with Crippen molar-refractivity contribution < 1.29 is 9.53 Å². The Kier molecular flexibility index (Phi) is 4.66. The predicted octanol–water partition coefficient (Wildman–Crippen LogP) is 2.76. The van der Waals surface area contributed by atoms with Gasteiger partial charge in [0.2, 0.25) is 0 Å². The van der Waals surface area contributed by atoms with Crippen LogP contribution in [0.25, 0.3) is 0 Å². The molecule has 16 heavy (non-hydrogen) atoms. The number of hydrogen-bond donors (Lipinski definition) is 1. The van der Waals surface area contributed by atoms with Gasteiger partial charge in [-0.25, -0.2) is 4.79 Å².